The normalized spacial score (nSPS) is 11.0. The molecule has 0 aliphatic carbocycles. The van der Waals surface area contributed by atoms with Crippen molar-refractivity contribution in [2.24, 2.45) is 0 Å². The summed E-state index contributed by atoms with van der Waals surface area (Å²) in [5.41, 5.74) is 1.94. The van der Waals surface area contributed by atoms with Gasteiger partial charge in [0.2, 0.25) is 0 Å². The van der Waals surface area contributed by atoms with Gasteiger partial charge in [0.05, 0.1) is 27.1 Å². The van der Waals surface area contributed by atoms with Gasteiger partial charge in [0, 0.05) is 39.0 Å². The van der Waals surface area contributed by atoms with Crippen molar-refractivity contribution in [3.63, 3.8) is 0 Å². The zero-order valence-electron chi connectivity index (χ0n) is 18.9. The maximum Gasteiger partial charge on any atom is 0.310 e. The van der Waals surface area contributed by atoms with Gasteiger partial charge in [-0.05, 0) is 58.3 Å². The maximum absolute atomic E-state index is 12.1. The van der Waals surface area contributed by atoms with Crippen LogP contribution in [0.1, 0.15) is 11.1 Å². The Morgan fingerprint density at radius 3 is 1.46 bits per heavy atom. The van der Waals surface area contributed by atoms with E-state index >= 15 is 0 Å². The molecule has 4 nitrogen and oxygen atoms in total. The molecule has 0 amide bonds. The summed E-state index contributed by atoms with van der Waals surface area (Å²) in [6, 6.07) is 16.7. The maximum atomic E-state index is 12.1. The Hall–Kier alpha value is -2.56. The van der Waals surface area contributed by atoms with Gasteiger partial charge in [-0.1, -0.05) is 12.1 Å². The highest BCUT2D eigenvalue weighted by atomic mass is 32.1. The quantitative estimate of drug-likeness (QED) is 0.181. The van der Waals surface area contributed by atoms with Crippen LogP contribution in [-0.2, 0) is 31.9 Å². The van der Waals surface area contributed by atoms with Crippen LogP contribution in [0, 0.1) is 0 Å². The summed E-state index contributed by atoms with van der Waals surface area (Å²) in [7, 11) is 2.84. The van der Waals surface area contributed by atoms with Gasteiger partial charge in [-0.25, -0.2) is 0 Å². The van der Waals surface area contributed by atoms with E-state index in [1.54, 1.807) is 56.7 Å². The third-order valence-electron chi connectivity index (χ3n) is 5.32. The first-order chi connectivity index (χ1) is 17.1. The molecule has 0 atom stereocenters. The summed E-state index contributed by atoms with van der Waals surface area (Å²) in [5.74, 6) is -0.504. The van der Waals surface area contributed by atoms with Crippen LogP contribution in [0.25, 0.3) is 39.0 Å². The number of thiophene rings is 5. The minimum atomic E-state index is -0.252. The van der Waals surface area contributed by atoms with Crippen LogP contribution in [0.2, 0.25) is 0 Å². The highest BCUT2D eigenvalue weighted by molar-refractivity contribution is 7.29. The number of ether oxygens (including phenoxy) is 2. The second-order valence-corrected chi connectivity index (χ2v) is 12.6. The van der Waals surface area contributed by atoms with E-state index in [2.05, 4.69) is 47.2 Å². The number of hydrogen-bond donors (Lipinski definition) is 0. The van der Waals surface area contributed by atoms with Gasteiger partial charge >= 0.3 is 11.9 Å². The molecule has 0 aliphatic heterocycles. The molecule has 0 unspecified atom stereocenters. The summed E-state index contributed by atoms with van der Waals surface area (Å²) in [4.78, 5) is 33.3. The van der Waals surface area contributed by atoms with Gasteiger partial charge in [-0.3, -0.25) is 9.59 Å². The second kappa shape index (κ2) is 10.6. The van der Waals surface area contributed by atoms with Crippen molar-refractivity contribution in [2.45, 2.75) is 12.8 Å². The molecule has 0 radical (unpaired) electrons. The molecule has 5 aromatic heterocycles. The molecular formula is C26H20O4S5. The summed E-state index contributed by atoms with van der Waals surface area (Å²) in [5, 5.41) is 4.12. The molecule has 5 aromatic rings. The Bertz CT molecular complexity index is 1340. The zero-order chi connectivity index (χ0) is 24.4. The predicted octanol–water partition coefficient (Wildman–Crippen LogP) is 8.09. The van der Waals surface area contributed by atoms with Crippen molar-refractivity contribution in [2.75, 3.05) is 14.2 Å². The molecule has 5 rings (SSSR count). The van der Waals surface area contributed by atoms with E-state index in [0.717, 1.165) is 40.4 Å². The lowest BCUT2D eigenvalue weighted by Gasteiger charge is -2.02. The monoisotopic (exact) mass is 556 g/mol. The minimum Gasteiger partial charge on any atom is -0.469 e. The van der Waals surface area contributed by atoms with Gasteiger partial charge in [0.1, 0.15) is 0 Å². The number of methoxy groups -OCH3 is 2. The lowest BCUT2D eigenvalue weighted by Crippen LogP contribution is -2.04. The smallest absolute Gasteiger partial charge is 0.310 e. The van der Waals surface area contributed by atoms with Crippen LogP contribution < -0.4 is 0 Å². The first kappa shape index (κ1) is 24.1. The molecule has 0 aliphatic rings. The van der Waals surface area contributed by atoms with Gasteiger partial charge in [0.15, 0.2) is 0 Å². The summed E-state index contributed by atoms with van der Waals surface area (Å²) >= 11 is 8.45. The number of hydrogen-bond acceptors (Lipinski definition) is 9. The zero-order valence-corrected chi connectivity index (χ0v) is 22.9. The molecule has 35 heavy (non-hydrogen) atoms. The Morgan fingerprint density at radius 1 is 0.629 bits per heavy atom. The summed E-state index contributed by atoms with van der Waals surface area (Å²) in [6.45, 7) is 0. The first-order valence-corrected chi connectivity index (χ1v) is 14.8. The van der Waals surface area contributed by atoms with E-state index in [4.69, 9.17) is 9.47 Å². The fraction of sp³-hybridized carbons (Fsp3) is 0.154. The van der Waals surface area contributed by atoms with Crippen molar-refractivity contribution >= 4 is 68.6 Å². The van der Waals surface area contributed by atoms with Crippen LogP contribution >= 0.6 is 56.7 Å². The van der Waals surface area contributed by atoms with Gasteiger partial charge in [-0.2, -0.15) is 0 Å². The van der Waals surface area contributed by atoms with Crippen molar-refractivity contribution < 1.29 is 19.1 Å². The number of esters is 2. The number of carbonyl (C=O) groups is 2. The average Bonchev–Trinajstić information content (AvgIpc) is 3.66. The molecule has 0 aromatic carbocycles. The fourth-order valence-electron chi connectivity index (χ4n) is 3.65. The van der Waals surface area contributed by atoms with E-state index in [-0.39, 0.29) is 24.8 Å². The average molecular weight is 557 g/mol. The lowest BCUT2D eigenvalue weighted by atomic mass is 10.1. The van der Waals surface area contributed by atoms with Crippen LogP contribution in [0.5, 0.6) is 0 Å². The highest BCUT2D eigenvalue weighted by Gasteiger charge is 2.21. The molecule has 178 valence electrons. The van der Waals surface area contributed by atoms with Crippen molar-refractivity contribution in [3.05, 3.63) is 70.4 Å². The largest absolute Gasteiger partial charge is 0.469 e. The van der Waals surface area contributed by atoms with Crippen molar-refractivity contribution in [1.82, 2.24) is 0 Å². The topological polar surface area (TPSA) is 52.6 Å². The summed E-state index contributed by atoms with van der Waals surface area (Å²) in [6.07, 6.45) is 0.464. The van der Waals surface area contributed by atoms with Crippen LogP contribution in [-0.4, -0.2) is 26.2 Å². The van der Waals surface area contributed by atoms with Gasteiger partial charge in [0.25, 0.3) is 0 Å². The SMILES string of the molecule is COC(=O)Cc1cc(-c2cccs2)sc1-c1ccc(-c2sc(-c3cccs3)cc2CC(=O)OC)s1. The second-order valence-electron chi connectivity index (χ2n) is 7.55. The Morgan fingerprint density at radius 2 is 1.09 bits per heavy atom. The molecule has 0 saturated heterocycles. The molecule has 5 heterocycles. The van der Waals surface area contributed by atoms with Crippen LogP contribution in [0.4, 0.5) is 0 Å². The molecule has 9 heteroatoms. The Kier molecular flexibility index (Phi) is 7.31. The third-order valence-corrected chi connectivity index (χ3v) is 11.3. The minimum absolute atomic E-state index is 0.232. The van der Waals surface area contributed by atoms with Gasteiger partial charge in [-0.15, -0.1) is 56.7 Å². The molecular weight excluding hydrogens is 537 g/mol. The highest BCUT2D eigenvalue weighted by Crippen LogP contribution is 2.47. The molecule has 0 N–H and O–H groups in total. The Balaban J connectivity index is 1.55. The van der Waals surface area contributed by atoms with Crippen LogP contribution in [0.3, 0.4) is 0 Å². The van der Waals surface area contributed by atoms with E-state index in [9.17, 15) is 9.59 Å². The predicted molar refractivity (Wildman–Crippen MR) is 149 cm³/mol. The van der Waals surface area contributed by atoms with Crippen molar-refractivity contribution in [3.8, 4) is 39.0 Å². The lowest BCUT2D eigenvalue weighted by molar-refractivity contribution is -0.140. The number of carbonyl (C=O) groups excluding carboxylic acids is 2. The van der Waals surface area contributed by atoms with E-state index in [0.29, 0.717) is 0 Å². The standard InChI is InChI=1S/C26H20O4S5/c1-29-23(27)13-15-11-21(17-5-3-9-31-17)34-25(15)19-7-8-20(33-19)26-16(14-24(28)30-2)12-22(35-26)18-6-4-10-32-18/h3-12H,13-14H2,1-2H3. The third kappa shape index (κ3) is 5.19. The van der Waals surface area contributed by atoms with E-state index < -0.39 is 0 Å². The van der Waals surface area contributed by atoms with Crippen LogP contribution in [0.15, 0.2) is 59.3 Å². The van der Waals surface area contributed by atoms with Gasteiger partial charge < -0.3 is 9.47 Å². The molecule has 0 saturated carbocycles. The molecule has 0 fully saturated rings. The Labute approximate surface area is 223 Å². The summed E-state index contributed by atoms with van der Waals surface area (Å²) < 4.78 is 9.90. The van der Waals surface area contributed by atoms with E-state index in [1.807, 2.05) is 12.1 Å². The fourth-order valence-corrected chi connectivity index (χ4v) is 8.96. The van der Waals surface area contributed by atoms with E-state index in [1.165, 1.54) is 24.0 Å². The number of rotatable bonds is 8. The molecule has 0 spiro atoms. The van der Waals surface area contributed by atoms with Crippen molar-refractivity contribution in [1.29, 1.82) is 0 Å². The molecule has 0 bridgehead atoms. The first-order valence-electron chi connectivity index (χ1n) is 10.6.